The zero-order chi connectivity index (χ0) is 112. The van der Waals surface area contributed by atoms with Crippen LogP contribution in [0.1, 0.15) is 216 Å². The minimum atomic E-state index is -2.26. The molecule has 22 rings (SSSR count). The molecule has 5 aromatic heterocycles. The lowest BCUT2D eigenvalue weighted by Crippen LogP contribution is -2.66. The molecule has 10 heterocycles. The van der Waals surface area contributed by atoms with Crippen molar-refractivity contribution in [3.05, 3.63) is 357 Å². The third-order valence-corrected chi connectivity index (χ3v) is 29.1. The quantitative estimate of drug-likeness (QED) is 0.0953. The number of fused-ring (bicyclic) bond motifs is 10. The molecular weight excluding hydrogens is 1640 g/mol. The molecule has 5 aliphatic heterocycles. The monoisotopic (exact) mass is 1790 g/mol. The molecule has 2 fully saturated rings. The summed E-state index contributed by atoms with van der Waals surface area (Å²) in [4.78, 5) is 9.32. The lowest BCUT2D eigenvalue weighted by atomic mass is 9.48. The second kappa shape index (κ2) is 39.7. The molecule has 135 heavy (non-hydrogen) atoms. The Bertz CT molecular complexity index is 7980. The zero-order valence-corrected chi connectivity index (χ0v) is 80.7. The second-order valence-corrected chi connectivity index (χ2v) is 38.0. The molecule has 0 atom stereocenters. The third kappa shape index (κ3) is 18.2. The zero-order valence-electron chi connectivity index (χ0n) is 102. The van der Waals surface area contributed by atoms with Gasteiger partial charge in [-0.05, 0) is 298 Å². The molecule has 0 saturated heterocycles. The number of pyridine rings is 5. The standard InChI is InChI=1S/C27H32BN2.C25H28BN2.C24H28BN2.C23H26BN2.C21H22BN2/c1-20-17-22-13-7-9-15-25(22)28(30(20)3)27-19-23(18-21-11-5-4-6-12-21)24-14-8-10-16-26(24)29(27)2;1-18-16-20-12-6-8-14-23(20)26(28(18)3)25-17-22(19-10-4-5-11-19)21-13-7-9-15-24(21)27(25)2;1-17(2)14-20-16-24(26(4)23-13-9-7-11-21(20)23)25-22-12-8-6-10-19(22)15-18(3)27(25)5;1-16(2)20-15-23(25(4)22-13-9-7-11-19(20)22)24-21-12-8-6-10-18(21)14-17(3)26(24)5;1-15-13-21(23(3)20-12-8-6-10-18(15)20)22-19-11-7-5-9-17(19)14-16(2)24(22)4/h7-10,13-17,19,21H,4-6,11-12,18H2,1-3H3;6-9,12-17,19H,4-5,10-11H2,1-3H3;6-13,15-17H,14H2,1-5H3;6-16H,1-5H3;5-14H,1-4H3/q5*+1/i1D3,18D2;1D3,19D;3D3,14D2;3D3,16D;2D3. The Balaban J connectivity index is 0.000000127. The first-order chi connectivity index (χ1) is 73.5. The van der Waals surface area contributed by atoms with Gasteiger partial charge in [0.05, 0.1) is 0 Å². The van der Waals surface area contributed by atoms with Gasteiger partial charge in [-0.25, -0.2) is 22.8 Å². The topological polar surface area (TPSA) is 35.6 Å². The van der Waals surface area contributed by atoms with E-state index in [1.54, 1.807) is 30.4 Å². The molecule has 15 heteroatoms. The molecule has 15 aromatic rings. The predicted octanol–water partition coefficient (Wildman–Crippen LogP) is 16.8. The van der Waals surface area contributed by atoms with Gasteiger partial charge < -0.3 is 24.1 Å². The Kier molecular flexibility index (Phi) is 20.6. The Hall–Kier alpha value is -12.7. The summed E-state index contributed by atoms with van der Waals surface area (Å²) >= 11 is 0. The first-order valence-corrected chi connectivity index (χ1v) is 47.8. The molecular formula is C120H136B5N10+5. The second-order valence-electron chi connectivity index (χ2n) is 38.0. The highest BCUT2D eigenvalue weighted by molar-refractivity contribution is 6.85. The summed E-state index contributed by atoms with van der Waals surface area (Å²) in [5.74, 6) is -1.63. The first kappa shape index (κ1) is 70.0. The fraction of sp³-hybridized carbons (Fsp3) is 0.292. The Morgan fingerprint density at radius 1 is 0.333 bits per heavy atom. The number of hydrogen-bond acceptors (Lipinski definition) is 5. The number of benzene rings is 10. The van der Waals surface area contributed by atoms with Crippen molar-refractivity contribution in [1.29, 1.82) is 0 Å². The van der Waals surface area contributed by atoms with Gasteiger partial charge in [0.2, 0.25) is 27.6 Å². The van der Waals surface area contributed by atoms with Crippen molar-refractivity contribution in [3.63, 3.8) is 0 Å². The summed E-state index contributed by atoms with van der Waals surface area (Å²) in [5, 5.41) is 5.17. The maximum atomic E-state index is 9.30. The van der Waals surface area contributed by atoms with Gasteiger partial charge in [0.1, 0.15) is 35.2 Å². The highest BCUT2D eigenvalue weighted by atomic mass is 15.1. The van der Waals surface area contributed by atoms with Crippen molar-refractivity contribution in [2.45, 2.75) is 151 Å². The van der Waals surface area contributed by atoms with E-state index in [-0.39, 0.29) is 51.8 Å². The number of hydrogen-bond donors (Lipinski definition) is 0. The van der Waals surface area contributed by atoms with Crippen molar-refractivity contribution in [2.75, 3.05) is 35.2 Å². The van der Waals surface area contributed by atoms with Crippen molar-refractivity contribution in [1.82, 2.24) is 24.1 Å². The molecule has 0 N–H and O–H groups in total. The Morgan fingerprint density at radius 3 is 0.985 bits per heavy atom. The van der Waals surface area contributed by atoms with Gasteiger partial charge in [-0.15, -0.1) is 0 Å². The summed E-state index contributed by atoms with van der Waals surface area (Å²) in [6.45, 7) is -2.79. The Morgan fingerprint density at radius 2 is 0.615 bits per heavy atom. The number of aromatic nitrogens is 5. The highest BCUT2D eigenvalue weighted by Crippen LogP contribution is 2.38. The molecule has 0 spiro atoms. The largest absolute Gasteiger partial charge is 0.408 e. The maximum Gasteiger partial charge on any atom is 0.404 e. The van der Waals surface area contributed by atoms with Gasteiger partial charge in [-0.1, -0.05) is 255 Å². The normalized spacial score (nSPS) is 18.6. The SMILES string of the molecule is [2H]C([2H])([2H])C1=Cc2ccccc2B(c2cc(C([2H])(C)C)c3ccccc3[n+]2C)N1C.[2H]C([2H])([2H])C1=Cc2ccccc2B(c2cc(C([2H])([2H])C(C)C)c3ccccc3[n+]2C)N1C.[2H]C([2H])([2H])C1=Cc2ccccc2B(c2cc(C([2H])([2H])C3CCCCC3)c3ccccc3[n+]2C)N1C.[2H]C([2H])([2H])C1=Cc2ccccc2B(c2cc(C)c3ccccc3[n+]2C)N1C.[2H]C([2H])([2H])C1=Cc2ccccc2B(c2cc(C3([2H])CCCC3)c3ccccc3[n+]2C)N1C. The number of para-hydroxylation sites is 5. The lowest BCUT2D eigenvalue weighted by Gasteiger charge is -2.32. The van der Waals surface area contributed by atoms with E-state index >= 15 is 0 Å². The summed E-state index contributed by atoms with van der Waals surface area (Å²) in [7, 11) is 19.3. The fourth-order valence-corrected chi connectivity index (χ4v) is 21.8. The van der Waals surface area contributed by atoms with E-state index in [0.29, 0.717) is 33.9 Å². The maximum absolute atomic E-state index is 9.30. The van der Waals surface area contributed by atoms with Gasteiger partial charge in [-0.3, -0.25) is 0 Å². The van der Waals surface area contributed by atoms with Crippen molar-refractivity contribution < 1.29 is 51.6 Å². The average molecular weight is 1790 g/mol. The van der Waals surface area contributed by atoms with Crippen LogP contribution in [0, 0.1) is 18.8 Å². The summed E-state index contributed by atoms with van der Waals surface area (Å²) < 4.78 is 186. The minimum absolute atomic E-state index is 0.0191. The third-order valence-electron chi connectivity index (χ3n) is 29.1. The van der Waals surface area contributed by atoms with Crippen LogP contribution in [0.15, 0.2) is 301 Å². The van der Waals surface area contributed by atoms with Crippen LogP contribution in [0.3, 0.4) is 0 Å². The minimum Gasteiger partial charge on any atom is -0.408 e. The average Bonchev–Trinajstić information content (AvgIpc) is 1.04. The van der Waals surface area contributed by atoms with E-state index in [1.807, 2.05) is 308 Å². The number of aryl methyl sites for hydroxylation is 6. The van der Waals surface area contributed by atoms with Crippen molar-refractivity contribution in [2.24, 2.45) is 47.1 Å². The molecule has 10 aromatic carbocycles. The molecule has 7 aliphatic rings. The van der Waals surface area contributed by atoms with Crippen LogP contribution in [0.2, 0.25) is 0 Å². The van der Waals surface area contributed by atoms with E-state index in [2.05, 4.69) is 117 Å². The first-order valence-electron chi connectivity index (χ1n) is 58.3. The number of allylic oxidation sites excluding steroid dienone is 5. The van der Waals surface area contributed by atoms with Gasteiger partial charge in [0.15, 0.2) is 28.0 Å². The predicted molar refractivity (Wildman–Crippen MR) is 579 cm³/mol. The lowest BCUT2D eigenvalue weighted by molar-refractivity contribution is -0.627. The highest BCUT2D eigenvalue weighted by Gasteiger charge is 2.45. The molecule has 0 amide bonds. The van der Waals surface area contributed by atoms with Crippen LogP contribution in [0.5, 0.6) is 0 Å². The Labute approximate surface area is 836 Å². The summed E-state index contributed by atoms with van der Waals surface area (Å²) in [6, 6.07) is 90.8. The van der Waals surface area contributed by atoms with Crippen LogP contribution in [-0.2, 0) is 48.0 Å². The van der Waals surface area contributed by atoms with E-state index in [9.17, 15) is 4.11 Å². The molecule has 2 saturated carbocycles. The molecule has 2 aliphatic carbocycles. The van der Waals surface area contributed by atoms with E-state index in [4.69, 9.17) is 24.7 Å². The van der Waals surface area contributed by atoms with Crippen LogP contribution in [0.4, 0.5) is 0 Å². The van der Waals surface area contributed by atoms with Crippen molar-refractivity contribution in [3.8, 4) is 0 Å². The molecule has 10 nitrogen and oxygen atoms in total. The van der Waals surface area contributed by atoms with Gasteiger partial charge in [0, 0.05) is 116 Å². The van der Waals surface area contributed by atoms with Crippen molar-refractivity contribution >= 4 is 174 Å². The van der Waals surface area contributed by atoms with Gasteiger partial charge in [-0.2, -0.15) is 0 Å². The molecule has 0 unspecified atom stereocenters. The van der Waals surface area contributed by atoms with Crippen LogP contribution < -0.4 is 78.1 Å². The van der Waals surface area contributed by atoms with E-state index in [0.717, 1.165) is 195 Å². The number of rotatable bonds is 11. The number of nitrogens with zero attached hydrogens (tertiary/aromatic N) is 10. The molecule has 0 radical (unpaired) electrons. The van der Waals surface area contributed by atoms with E-state index < -0.39 is 58.8 Å². The van der Waals surface area contributed by atoms with E-state index in [1.165, 1.54) is 17.4 Å². The summed E-state index contributed by atoms with van der Waals surface area (Å²) in [6.07, 6.45) is 14.9. The van der Waals surface area contributed by atoms with Crippen LogP contribution in [0.25, 0.3) is 84.9 Å². The van der Waals surface area contributed by atoms with Crippen LogP contribution in [-0.4, -0.2) is 93.5 Å². The smallest absolute Gasteiger partial charge is 0.404 e. The van der Waals surface area contributed by atoms with Crippen LogP contribution >= 0.6 is 0 Å². The molecule has 0 bridgehead atoms. The van der Waals surface area contributed by atoms with Gasteiger partial charge in [0.25, 0.3) is 0 Å². The van der Waals surface area contributed by atoms with Gasteiger partial charge >= 0.3 is 34.2 Å². The molecule has 676 valence electrons. The fourth-order valence-electron chi connectivity index (χ4n) is 21.8. The summed E-state index contributed by atoms with van der Waals surface area (Å²) in [5.41, 5.74) is 26.0.